The van der Waals surface area contributed by atoms with Crippen molar-refractivity contribution in [2.24, 2.45) is 0 Å². The number of nitrogens with zero attached hydrogens (tertiary/aromatic N) is 1. The van der Waals surface area contributed by atoms with Gasteiger partial charge in [0.1, 0.15) is 5.75 Å². The molecule has 0 radical (unpaired) electrons. The molecule has 0 aromatic heterocycles. The predicted molar refractivity (Wildman–Crippen MR) is 83.6 cm³/mol. The Morgan fingerprint density at radius 1 is 1.29 bits per heavy atom. The zero-order chi connectivity index (χ0) is 14.9. The SMILES string of the molecule is COc1ccc(CCC(=O)NCCN2CCNCC2)cc1. The lowest BCUT2D eigenvalue weighted by molar-refractivity contribution is -0.121. The second-order valence-corrected chi connectivity index (χ2v) is 5.29. The van der Waals surface area contributed by atoms with Gasteiger partial charge in [-0.05, 0) is 24.1 Å². The first-order valence-corrected chi connectivity index (χ1v) is 7.60. The molecule has 1 aliphatic rings. The van der Waals surface area contributed by atoms with Crippen LogP contribution in [-0.2, 0) is 11.2 Å². The molecule has 0 saturated carbocycles. The molecular formula is C16H25N3O2. The van der Waals surface area contributed by atoms with E-state index in [-0.39, 0.29) is 5.91 Å². The van der Waals surface area contributed by atoms with Crippen LogP contribution in [0.5, 0.6) is 5.75 Å². The number of methoxy groups -OCH3 is 1. The highest BCUT2D eigenvalue weighted by Gasteiger charge is 2.09. The third kappa shape index (κ3) is 5.73. The van der Waals surface area contributed by atoms with Crippen LogP contribution in [0.25, 0.3) is 0 Å². The number of benzene rings is 1. The lowest BCUT2D eigenvalue weighted by atomic mass is 10.1. The second-order valence-electron chi connectivity index (χ2n) is 5.29. The normalized spacial score (nSPS) is 15.7. The molecule has 1 aromatic rings. The molecule has 21 heavy (non-hydrogen) atoms. The molecule has 116 valence electrons. The molecule has 5 nitrogen and oxygen atoms in total. The Kier molecular flexibility index (Phi) is 6.50. The van der Waals surface area contributed by atoms with Crippen molar-refractivity contribution in [3.8, 4) is 5.75 Å². The highest BCUT2D eigenvalue weighted by molar-refractivity contribution is 5.76. The Balaban J connectivity index is 1.60. The predicted octanol–water partition coefficient (Wildman–Crippen LogP) is 0.649. The van der Waals surface area contributed by atoms with E-state index in [9.17, 15) is 4.79 Å². The van der Waals surface area contributed by atoms with Crippen LogP contribution >= 0.6 is 0 Å². The summed E-state index contributed by atoms with van der Waals surface area (Å²) in [7, 11) is 1.65. The number of amides is 1. The summed E-state index contributed by atoms with van der Waals surface area (Å²) < 4.78 is 5.12. The molecule has 2 N–H and O–H groups in total. The Hall–Kier alpha value is -1.59. The van der Waals surface area contributed by atoms with E-state index in [1.54, 1.807) is 7.11 Å². The van der Waals surface area contributed by atoms with Crippen LogP contribution in [0, 0.1) is 0 Å². The van der Waals surface area contributed by atoms with Crippen molar-refractivity contribution in [2.45, 2.75) is 12.8 Å². The first-order valence-electron chi connectivity index (χ1n) is 7.60. The Morgan fingerprint density at radius 2 is 2.00 bits per heavy atom. The van der Waals surface area contributed by atoms with Gasteiger partial charge in [0.2, 0.25) is 5.91 Å². The summed E-state index contributed by atoms with van der Waals surface area (Å²) in [6.07, 6.45) is 1.30. The first-order chi connectivity index (χ1) is 10.3. The van der Waals surface area contributed by atoms with Gasteiger partial charge >= 0.3 is 0 Å². The van der Waals surface area contributed by atoms with Gasteiger partial charge < -0.3 is 15.4 Å². The summed E-state index contributed by atoms with van der Waals surface area (Å²) in [6.45, 7) is 5.91. The highest BCUT2D eigenvalue weighted by Crippen LogP contribution is 2.12. The number of hydrogen-bond acceptors (Lipinski definition) is 4. The van der Waals surface area contributed by atoms with E-state index in [0.29, 0.717) is 6.42 Å². The maximum atomic E-state index is 11.8. The van der Waals surface area contributed by atoms with E-state index in [0.717, 1.165) is 57.0 Å². The number of nitrogens with one attached hydrogen (secondary N) is 2. The standard InChI is InChI=1S/C16H25N3O2/c1-21-15-5-2-14(3-6-15)4-7-16(20)18-10-13-19-11-8-17-9-12-19/h2-3,5-6,17H,4,7-13H2,1H3,(H,18,20). The molecule has 1 fully saturated rings. The van der Waals surface area contributed by atoms with Gasteiger partial charge in [0.15, 0.2) is 0 Å². The van der Waals surface area contributed by atoms with Crippen molar-refractivity contribution in [3.05, 3.63) is 29.8 Å². The van der Waals surface area contributed by atoms with Gasteiger partial charge in [0, 0.05) is 45.7 Å². The minimum atomic E-state index is 0.126. The molecule has 1 saturated heterocycles. The second kappa shape index (κ2) is 8.64. The maximum absolute atomic E-state index is 11.8. The van der Waals surface area contributed by atoms with Crippen LogP contribution in [0.1, 0.15) is 12.0 Å². The summed E-state index contributed by atoms with van der Waals surface area (Å²) in [5.74, 6) is 0.972. The fourth-order valence-electron chi connectivity index (χ4n) is 2.43. The average molecular weight is 291 g/mol. The van der Waals surface area contributed by atoms with Gasteiger partial charge in [-0.3, -0.25) is 9.69 Å². The molecule has 1 amide bonds. The van der Waals surface area contributed by atoms with E-state index >= 15 is 0 Å². The van der Waals surface area contributed by atoms with Gasteiger partial charge in [-0.2, -0.15) is 0 Å². The molecule has 1 heterocycles. The Bertz CT molecular complexity index is 428. The van der Waals surface area contributed by atoms with Crippen LogP contribution in [0.4, 0.5) is 0 Å². The number of ether oxygens (including phenoxy) is 1. The third-order valence-corrected chi connectivity index (χ3v) is 3.76. The lowest BCUT2D eigenvalue weighted by Crippen LogP contribution is -2.46. The van der Waals surface area contributed by atoms with Crippen molar-refractivity contribution in [1.29, 1.82) is 0 Å². The van der Waals surface area contributed by atoms with Crippen molar-refractivity contribution in [1.82, 2.24) is 15.5 Å². The number of rotatable bonds is 7. The van der Waals surface area contributed by atoms with Crippen molar-refractivity contribution >= 4 is 5.91 Å². The summed E-state index contributed by atoms with van der Waals surface area (Å²) in [5, 5.41) is 6.32. The summed E-state index contributed by atoms with van der Waals surface area (Å²) in [5.41, 5.74) is 1.16. The van der Waals surface area contributed by atoms with E-state index in [4.69, 9.17) is 4.74 Å². The quantitative estimate of drug-likeness (QED) is 0.774. The third-order valence-electron chi connectivity index (χ3n) is 3.76. The molecule has 2 rings (SSSR count). The van der Waals surface area contributed by atoms with Crippen LogP contribution in [-0.4, -0.2) is 57.2 Å². The minimum Gasteiger partial charge on any atom is -0.497 e. The van der Waals surface area contributed by atoms with Crippen molar-refractivity contribution < 1.29 is 9.53 Å². The van der Waals surface area contributed by atoms with E-state index in [2.05, 4.69) is 15.5 Å². The van der Waals surface area contributed by atoms with Crippen molar-refractivity contribution in [2.75, 3.05) is 46.4 Å². The Labute approximate surface area is 126 Å². The van der Waals surface area contributed by atoms with E-state index < -0.39 is 0 Å². The van der Waals surface area contributed by atoms with Gasteiger partial charge in [-0.15, -0.1) is 0 Å². The van der Waals surface area contributed by atoms with Gasteiger partial charge in [-0.25, -0.2) is 0 Å². The Morgan fingerprint density at radius 3 is 2.67 bits per heavy atom. The number of carbonyl (C=O) groups is 1. The number of aryl methyl sites for hydroxylation is 1. The van der Waals surface area contributed by atoms with Crippen LogP contribution in [0.15, 0.2) is 24.3 Å². The number of carbonyl (C=O) groups excluding carboxylic acids is 1. The zero-order valence-corrected chi connectivity index (χ0v) is 12.7. The molecule has 0 atom stereocenters. The largest absolute Gasteiger partial charge is 0.497 e. The number of hydrogen-bond donors (Lipinski definition) is 2. The molecule has 0 aliphatic carbocycles. The van der Waals surface area contributed by atoms with E-state index in [1.165, 1.54) is 0 Å². The fraction of sp³-hybridized carbons (Fsp3) is 0.562. The summed E-state index contributed by atoms with van der Waals surface area (Å²) >= 11 is 0. The molecule has 0 unspecified atom stereocenters. The molecule has 0 spiro atoms. The smallest absolute Gasteiger partial charge is 0.220 e. The molecule has 5 heteroatoms. The summed E-state index contributed by atoms with van der Waals surface area (Å²) in [6, 6.07) is 7.87. The molecule has 1 aliphatic heterocycles. The van der Waals surface area contributed by atoms with Gasteiger partial charge in [-0.1, -0.05) is 12.1 Å². The van der Waals surface area contributed by atoms with Crippen molar-refractivity contribution in [3.63, 3.8) is 0 Å². The van der Waals surface area contributed by atoms with E-state index in [1.807, 2.05) is 24.3 Å². The monoisotopic (exact) mass is 291 g/mol. The zero-order valence-electron chi connectivity index (χ0n) is 12.7. The topological polar surface area (TPSA) is 53.6 Å². The molecular weight excluding hydrogens is 266 g/mol. The van der Waals surface area contributed by atoms with Gasteiger partial charge in [0.25, 0.3) is 0 Å². The van der Waals surface area contributed by atoms with Crippen LogP contribution in [0.2, 0.25) is 0 Å². The van der Waals surface area contributed by atoms with Crippen LogP contribution in [0.3, 0.4) is 0 Å². The first kappa shape index (κ1) is 15.8. The van der Waals surface area contributed by atoms with Crippen LogP contribution < -0.4 is 15.4 Å². The molecule has 0 bridgehead atoms. The maximum Gasteiger partial charge on any atom is 0.220 e. The number of piperazine rings is 1. The lowest BCUT2D eigenvalue weighted by Gasteiger charge is -2.27. The summed E-state index contributed by atoms with van der Waals surface area (Å²) in [4.78, 5) is 14.2. The van der Waals surface area contributed by atoms with Gasteiger partial charge in [0.05, 0.1) is 7.11 Å². The highest BCUT2D eigenvalue weighted by atomic mass is 16.5. The molecule has 1 aromatic carbocycles. The average Bonchev–Trinajstić information content (AvgIpc) is 2.54. The fourth-order valence-corrected chi connectivity index (χ4v) is 2.43. The minimum absolute atomic E-state index is 0.126.